The van der Waals surface area contributed by atoms with Crippen molar-refractivity contribution in [2.75, 3.05) is 6.61 Å². The molecule has 1 N–H and O–H groups in total. The number of alkyl halides is 3. The second-order valence-corrected chi connectivity index (χ2v) is 3.58. The minimum Gasteiger partial charge on any atom is -0.392 e. The Morgan fingerprint density at radius 1 is 1.24 bits per heavy atom. The Labute approximate surface area is 97.9 Å². The molecule has 0 fully saturated rings. The van der Waals surface area contributed by atoms with E-state index < -0.39 is 11.7 Å². The lowest BCUT2D eigenvalue weighted by Crippen LogP contribution is -2.03. The van der Waals surface area contributed by atoms with Crippen LogP contribution in [0.15, 0.2) is 42.0 Å². The van der Waals surface area contributed by atoms with Crippen molar-refractivity contribution in [1.82, 2.24) is 0 Å². The fraction of sp³-hybridized carbons (Fsp3) is 0.231. The summed E-state index contributed by atoms with van der Waals surface area (Å²) in [4.78, 5) is 0. The minimum atomic E-state index is -4.30. The average molecular weight is 242 g/mol. The Balaban J connectivity index is 2.79. The van der Waals surface area contributed by atoms with Gasteiger partial charge in [0.05, 0.1) is 12.2 Å². The molecular weight excluding hydrogens is 229 g/mol. The Hall–Kier alpha value is -1.55. The van der Waals surface area contributed by atoms with Gasteiger partial charge in [0.15, 0.2) is 0 Å². The Morgan fingerprint density at radius 3 is 2.29 bits per heavy atom. The average Bonchev–Trinajstić information content (AvgIpc) is 2.26. The number of hydrogen-bond donors (Lipinski definition) is 1. The molecule has 1 rings (SSSR count). The summed E-state index contributed by atoms with van der Waals surface area (Å²) >= 11 is 0. The minimum absolute atomic E-state index is 0.0524. The molecule has 17 heavy (non-hydrogen) atoms. The second kappa shape index (κ2) is 5.68. The van der Waals surface area contributed by atoms with E-state index in [0.29, 0.717) is 5.56 Å². The first-order chi connectivity index (χ1) is 7.93. The van der Waals surface area contributed by atoms with E-state index in [4.69, 9.17) is 5.11 Å². The summed E-state index contributed by atoms with van der Waals surface area (Å²) < 4.78 is 36.8. The first-order valence-corrected chi connectivity index (χ1v) is 5.06. The number of rotatable bonds is 3. The number of aliphatic hydroxyl groups is 1. The van der Waals surface area contributed by atoms with Gasteiger partial charge in [-0.3, -0.25) is 0 Å². The van der Waals surface area contributed by atoms with E-state index >= 15 is 0 Å². The van der Waals surface area contributed by atoms with Crippen molar-refractivity contribution in [2.24, 2.45) is 0 Å². The molecule has 0 unspecified atom stereocenters. The predicted molar refractivity (Wildman–Crippen MR) is 61.3 cm³/mol. The van der Waals surface area contributed by atoms with E-state index in [0.717, 1.165) is 17.7 Å². The number of aliphatic hydroxyl groups excluding tert-OH is 1. The van der Waals surface area contributed by atoms with Gasteiger partial charge in [0.2, 0.25) is 0 Å². The van der Waals surface area contributed by atoms with Gasteiger partial charge in [-0.25, -0.2) is 0 Å². The molecule has 0 aromatic heterocycles. The molecule has 92 valence electrons. The summed E-state index contributed by atoms with van der Waals surface area (Å²) in [6.07, 6.45) is 0.746. The number of allylic oxidation sites excluding steroid dienone is 2. The van der Waals surface area contributed by atoms with E-state index in [2.05, 4.69) is 0 Å². The van der Waals surface area contributed by atoms with Crippen LogP contribution in [0, 0.1) is 0 Å². The van der Waals surface area contributed by atoms with Crippen molar-refractivity contribution in [3.8, 4) is 0 Å². The Kier molecular flexibility index (Phi) is 4.52. The third-order valence-corrected chi connectivity index (χ3v) is 2.19. The number of benzene rings is 1. The Bertz CT molecular complexity index is 413. The zero-order chi connectivity index (χ0) is 12.9. The van der Waals surface area contributed by atoms with E-state index in [1.54, 1.807) is 25.2 Å². The molecule has 0 amide bonds. The highest BCUT2D eigenvalue weighted by atomic mass is 19.4. The van der Waals surface area contributed by atoms with Gasteiger partial charge in [-0.05, 0) is 24.6 Å². The first kappa shape index (κ1) is 13.5. The molecule has 0 spiro atoms. The highest BCUT2D eigenvalue weighted by Crippen LogP contribution is 2.29. The molecule has 4 heteroatoms. The topological polar surface area (TPSA) is 20.2 Å². The quantitative estimate of drug-likeness (QED) is 0.802. The monoisotopic (exact) mass is 242 g/mol. The van der Waals surface area contributed by atoms with Crippen LogP contribution >= 0.6 is 0 Å². The van der Waals surface area contributed by atoms with Crippen molar-refractivity contribution in [1.29, 1.82) is 0 Å². The molecule has 0 saturated heterocycles. The highest BCUT2D eigenvalue weighted by Gasteiger charge is 2.29. The number of halogens is 3. The highest BCUT2D eigenvalue weighted by molar-refractivity contribution is 5.53. The zero-order valence-electron chi connectivity index (χ0n) is 9.33. The van der Waals surface area contributed by atoms with Crippen LogP contribution in [0.1, 0.15) is 18.1 Å². The molecule has 0 aliphatic rings. The third-order valence-electron chi connectivity index (χ3n) is 2.19. The van der Waals surface area contributed by atoms with Crippen LogP contribution < -0.4 is 0 Å². The molecule has 0 aliphatic heterocycles. The van der Waals surface area contributed by atoms with Crippen LogP contribution in [-0.2, 0) is 6.18 Å². The van der Waals surface area contributed by atoms with Gasteiger partial charge in [0, 0.05) is 0 Å². The molecule has 1 aromatic rings. The van der Waals surface area contributed by atoms with Gasteiger partial charge in [0.1, 0.15) is 0 Å². The molecule has 0 saturated carbocycles. The summed E-state index contributed by atoms with van der Waals surface area (Å²) in [6, 6.07) is 4.91. The predicted octanol–water partition coefficient (Wildman–Crippen LogP) is 3.66. The molecule has 0 aliphatic carbocycles. The van der Waals surface area contributed by atoms with Gasteiger partial charge in [-0.15, -0.1) is 0 Å². The zero-order valence-corrected chi connectivity index (χ0v) is 9.33. The van der Waals surface area contributed by atoms with Crippen LogP contribution in [-0.4, -0.2) is 11.7 Å². The van der Waals surface area contributed by atoms with Crippen LogP contribution in [0.3, 0.4) is 0 Å². The maximum Gasteiger partial charge on any atom is 0.416 e. The summed E-state index contributed by atoms with van der Waals surface area (Å²) in [6.45, 7) is 1.75. The van der Waals surface area contributed by atoms with Crippen LogP contribution in [0.25, 0.3) is 6.08 Å². The molecule has 0 atom stereocenters. The van der Waals surface area contributed by atoms with Crippen molar-refractivity contribution in [2.45, 2.75) is 13.1 Å². The Morgan fingerprint density at radius 2 is 1.82 bits per heavy atom. The van der Waals surface area contributed by atoms with Crippen molar-refractivity contribution < 1.29 is 18.3 Å². The SMILES string of the molecule is CC(/C=C/c1ccc(C(F)(F)F)cc1)=C\CO. The van der Waals surface area contributed by atoms with E-state index in [-0.39, 0.29) is 6.61 Å². The molecule has 1 aromatic carbocycles. The lowest BCUT2D eigenvalue weighted by atomic mass is 10.1. The fourth-order valence-corrected chi connectivity index (χ4v) is 1.22. The largest absolute Gasteiger partial charge is 0.416 e. The molecule has 0 heterocycles. The summed E-state index contributed by atoms with van der Waals surface area (Å²) in [5.74, 6) is 0. The van der Waals surface area contributed by atoms with Crippen LogP contribution in [0.4, 0.5) is 13.2 Å². The first-order valence-electron chi connectivity index (χ1n) is 5.06. The number of hydrogen-bond acceptors (Lipinski definition) is 1. The standard InChI is InChI=1S/C13H13F3O/c1-10(8-9-17)2-3-11-4-6-12(7-5-11)13(14,15)16/h2-8,17H,9H2,1H3/b3-2+,10-8+. The molecule has 1 nitrogen and oxygen atoms in total. The summed E-state index contributed by atoms with van der Waals surface area (Å²) in [7, 11) is 0. The van der Waals surface area contributed by atoms with Crippen LogP contribution in [0.5, 0.6) is 0 Å². The fourth-order valence-electron chi connectivity index (χ4n) is 1.22. The smallest absolute Gasteiger partial charge is 0.392 e. The lowest BCUT2D eigenvalue weighted by molar-refractivity contribution is -0.137. The molecule has 0 radical (unpaired) electrons. The molecular formula is C13H13F3O. The summed E-state index contributed by atoms with van der Waals surface area (Å²) in [5, 5.41) is 8.62. The van der Waals surface area contributed by atoms with E-state index in [1.807, 2.05) is 0 Å². The van der Waals surface area contributed by atoms with Gasteiger partial charge < -0.3 is 5.11 Å². The maximum atomic E-state index is 12.3. The molecule has 0 bridgehead atoms. The third kappa shape index (κ3) is 4.44. The lowest BCUT2D eigenvalue weighted by Gasteiger charge is -2.05. The van der Waals surface area contributed by atoms with E-state index in [9.17, 15) is 13.2 Å². The maximum absolute atomic E-state index is 12.3. The second-order valence-electron chi connectivity index (χ2n) is 3.58. The van der Waals surface area contributed by atoms with Gasteiger partial charge in [-0.2, -0.15) is 13.2 Å². The van der Waals surface area contributed by atoms with Crippen molar-refractivity contribution in [3.05, 3.63) is 53.1 Å². The summed E-state index contributed by atoms with van der Waals surface area (Å²) in [5.41, 5.74) is 0.883. The van der Waals surface area contributed by atoms with Crippen LogP contribution in [0.2, 0.25) is 0 Å². The van der Waals surface area contributed by atoms with Crippen molar-refractivity contribution >= 4 is 6.08 Å². The van der Waals surface area contributed by atoms with E-state index in [1.165, 1.54) is 12.1 Å². The van der Waals surface area contributed by atoms with Gasteiger partial charge in [0.25, 0.3) is 0 Å². The normalized spacial score (nSPS) is 13.4. The van der Waals surface area contributed by atoms with Gasteiger partial charge in [-0.1, -0.05) is 35.9 Å². The van der Waals surface area contributed by atoms with Gasteiger partial charge >= 0.3 is 6.18 Å². The van der Waals surface area contributed by atoms with Crippen molar-refractivity contribution in [3.63, 3.8) is 0 Å².